The molecule has 0 aromatic heterocycles. The van der Waals surface area contributed by atoms with E-state index in [1.54, 1.807) is 12.1 Å². The van der Waals surface area contributed by atoms with Gasteiger partial charge < -0.3 is 10.5 Å². The van der Waals surface area contributed by atoms with Crippen LogP contribution in [0.3, 0.4) is 0 Å². The maximum absolute atomic E-state index is 12.0. The second-order valence-electron chi connectivity index (χ2n) is 4.33. The summed E-state index contributed by atoms with van der Waals surface area (Å²) in [6.45, 7) is -0.838. The summed E-state index contributed by atoms with van der Waals surface area (Å²) in [5, 5.41) is 0. The zero-order valence-corrected chi connectivity index (χ0v) is 10.7. The molecule has 0 heterocycles. The molecular weight excluding hydrogens is 267 g/mol. The Balaban J connectivity index is 2.11. The highest BCUT2D eigenvalue weighted by molar-refractivity contribution is 5.64. The lowest BCUT2D eigenvalue weighted by molar-refractivity contribution is -0.153. The van der Waals surface area contributed by atoms with Crippen molar-refractivity contribution in [2.24, 2.45) is 5.73 Å². The Morgan fingerprint density at radius 3 is 2.25 bits per heavy atom. The van der Waals surface area contributed by atoms with Crippen LogP contribution in [0.1, 0.15) is 5.56 Å². The number of ether oxygens (including phenoxy) is 1. The Hall–Kier alpha value is -2.01. The fourth-order valence-corrected chi connectivity index (χ4v) is 1.79. The molecule has 0 fully saturated rings. The lowest BCUT2D eigenvalue weighted by Gasteiger charge is -2.10. The molecule has 2 rings (SSSR count). The van der Waals surface area contributed by atoms with Crippen molar-refractivity contribution in [2.75, 3.05) is 6.61 Å². The normalized spacial score (nSPS) is 11.4. The summed E-state index contributed by atoms with van der Waals surface area (Å²) in [5.74, 6) is 0.195. The number of hydrogen-bond acceptors (Lipinski definition) is 2. The van der Waals surface area contributed by atoms with E-state index in [1.807, 2.05) is 24.3 Å². The molecule has 0 aliphatic rings. The zero-order valence-electron chi connectivity index (χ0n) is 10.7. The molecule has 5 heteroatoms. The van der Waals surface area contributed by atoms with Gasteiger partial charge in [0.15, 0.2) is 6.61 Å². The third-order valence-corrected chi connectivity index (χ3v) is 2.75. The van der Waals surface area contributed by atoms with Crippen LogP contribution in [0.2, 0.25) is 0 Å². The first-order chi connectivity index (χ1) is 9.48. The van der Waals surface area contributed by atoms with Crippen molar-refractivity contribution in [3.63, 3.8) is 0 Å². The minimum atomic E-state index is -4.33. The fourth-order valence-electron chi connectivity index (χ4n) is 1.79. The lowest BCUT2D eigenvalue weighted by Crippen LogP contribution is -2.19. The second-order valence-corrected chi connectivity index (χ2v) is 4.33. The van der Waals surface area contributed by atoms with Crippen molar-refractivity contribution in [1.29, 1.82) is 0 Å². The van der Waals surface area contributed by atoms with Crippen LogP contribution in [0.25, 0.3) is 11.1 Å². The Bertz CT molecular complexity index is 564. The summed E-state index contributed by atoms with van der Waals surface area (Å²) < 4.78 is 40.8. The molecule has 0 unspecified atom stereocenters. The van der Waals surface area contributed by atoms with Crippen LogP contribution >= 0.6 is 0 Å². The van der Waals surface area contributed by atoms with Crippen molar-refractivity contribution in [3.05, 3.63) is 54.1 Å². The Morgan fingerprint density at radius 1 is 0.950 bits per heavy atom. The number of nitrogens with two attached hydrogens (primary N) is 1. The van der Waals surface area contributed by atoms with Gasteiger partial charge in [-0.1, -0.05) is 30.3 Å². The highest BCUT2D eigenvalue weighted by atomic mass is 19.4. The van der Waals surface area contributed by atoms with Crippen molar-refractivity contribution in [3.8, 4) is 16.9 Å². The Kier molecular flexibility index (Phi) is 4.29. The molecule has 0 atom stereocenters. The summed E-state index contributed by atoms with van der Waals surface area (Å²) in [6, 6.07) is 14.2. The molecule has 0 radical (unpaired) electrons. The quantitative estimate of drug-likeness (QED) is 0.926. The maximum atomic E-state index is 12.0. The average Bonchev–Trinajstić information content (AvgIpc) is 2.45. The van der Waals surface area contributed by atoms with Crippen LogP contribution in [-0.2, 0) is 6.54 Å². The summed E-state index contributed by atoms with van der Waals surface area (Å²) in [4.78, 5) is 0. The molecule has 2 N–H and O–H groups in total. The SMILES string of the molecule is NCc1cccc(-c2ccc(OCC(F)(F)F)cc2)c1. The monoisotopic (exact) mass is 281 g/mol. The number of benzene rings is 2. The Morgan fingerprint density at radius 2 is 1.65 bits per heavy atom. The fraction of sp³-hybridized carbons (Fsp3) is 0.200. The summed E-state index contributed by atoms with van der Waals surface area (Å²) in [7, 11) is 0. The highest BCUT2D eigenvalue weighted by Crippen LogP contribution is 2.24. The lowest BCUT2D eigenvalue weighted by atomic mass is 10.0. The molecule has 0 aliphatic heterocycles. The third kappa shape index (κ3) is 3.99. The van der Waals surface area contributed by atoms with Crippen LogP contribution < -0.4 is 10.5 Å². The summed E-state index contributed by atoms with van der Waals surface area (Å²) >= 11 is 0. The number of halogens is 3. The number of hydrogen-bond donors (Lipinski definition) is 1. The van der Waals surface area contributed by atoms with E-state index < -0.39 is 12.8 Å². The predicted molar refractivity (Wildman–Crippen MR) is 71.3 cm³/mol. The van der Waals surface area contributed by atoms with Gasteiger partial charge in [-0.2, -0.15) is 13.2 Å². The van der Waals surface area contributed by atoms with Gasteiger partial charge >= 0.3 is 6.18 Å². The van der Waals surface area contributed by atoms with Crippen molar-refractivity contribution in [1.82, 2.24) is 0 Å². The van der Waals surface area contributed by atoms with E-state index in [-0.39, 0.29) is 5.75 Å². The molecule has 0 saturated carbocycles. The van der Waals surface area contributed by atoms with Gasteiger partial charge in [-0.25, -0.2) is 0 Å². The molecule has 106 valence electrons. The van der Waals surface area contributed by atoms with Crippen molar-refractivity contribution < 1.29 is 17.9 Å². The molecule has 0 saturated heterocycles. The predicted octanol–water partition coefficient (Wildman–Crippen LogP) is 3.75. The van der Waals surface area contributed by atoms with Crippen molar-refractivity contribution in [2.45, 2.75) is 12.7 Å². The first-order valence-corrected chi connectivity index (χ1v) is 6.07. The second kappa shape index (κ2) is 5.96. The molecule has 0 aliphatic carbocycles. The largest absolute Gasteiger partial charge is 0.484 e. The maximum Gasteiger partial charge on any atom is 0.422 e. The standard InChI is InChI=1S/C15H14F3NO/c16-15(17,18)10-20-14-6-4-12(5-7-14)13-3-1-2-11(8-13)9-19/h1-8H,9-10,19H2. The van der Waals surface area contributed by atoms with Gasteiger partial charge in [-0.05, 0) is 34.9 Å². The van der Waals surface area contributed by atoms with E-state index in [4.69, 9.17) is 5.73 Å². The van der Waals surface area contributed by atoms with Crippen LogP contribution in [0, 0.1) is 0 Å². The van der Waals surface area contributed by atoms with E-state index in [0.29, 0.717) is 6.54 Å². The Labute approximate surface area is 115 Å². The molecule has 2 aromatic rings. The minimum Gasteiger partial charge on any atom is -0.484 e. The van der Waals surface area contributed by atoms with Gasteiger partial charge in [0.1, 0.15) is 5.75 Å². The molecule has 0 amide bonds. The van der Waals surface area contributed by atoms with Gasteiger partial charge in [0.05, 0.1) is 0 Å². The smallest absolute Gasteiger partial charge is 0.422 e. The van der Waals surface area contributed by atoms with Crippen LogP contribution in [0.5, 0.6) is 5.75 Å². The highest BCUT2D eigenvalue weighted by Gasteiger charge is 2.28. The van der Waals surface area contributed by atoms with Crippen LogP contribution in [-0.4, -0.2) is 12.8 Å². The van der Waals surface area contributed by atoms with E-state index in [9.17, 15) is 13.2 Å². The molecule has 2 aromatic carbocycles. The number of rotatable bonds is 4. The summed E-state index contributed by atoms with van der Waals surface area (Å²) in [6.07, 6.45) is -4.33. The third-order valence-electron chi connectivity index (χ3n) is 2.75. The van der Waals surface area contributed by atoms with Gasteiger partial charge in [-0.3, -0.25) is 0 Å². The van der Waals surface area contributed by atoms with E-state index in [2.05, 4.69) is 4.74 Å². The average molecular weight is 281 g/mol. The first-order valence-electron chi connectivity index (χ1n) is 6.07. The van der Waals surface area contributed by atoms with Gasteiger partial charge in [0.25, 0.3) is 0 Å². The molecular formula is C15H14F3NO. The molecule has 0 bridgehead atoms. The molecule has 20 heavy (non-hydrogen) atoms. The van der Waals surface area contributed by atoms with Gasteiger partial charge in [0.2, 0.25) is 0 Å². The van der Waals surface area contributed by atoms with E-state index >= 15 is 0 Å². The van der Waals surface area contributed by atoms with Crippen LogP contribution in [0.15, 0.2) is 48.5 Å². The molecule has 0 spiro atoms. The van der Waals surface area contributed by atoms with Crippen LogP contribution in [0.4, 0.5) is 13.2 Å². The van der Waals surface area contributed by atoms with Gasteiger partial charge in [-0.15, -0.1) is 0 Å². The van der Waals surface area contributed by atoms with E-state index in [1.165, 1.54) is 12.1 Å². The number of alkyl halides is 3. The first kappa shape index (κ1) is 14.4. The van der Waals surface area contributed by atoms with E-state index in [0.717, 1.165) is 16.7 Å². The summed E-state index contributed by atoms with van der Waals surface area (Å²) in [5.41, 5.74) is 8.44. The molecule has 2 nitrogen and oxygen atoms in total. The van der Waals surface area contributed by atoms with Crippen molar-refractivity contribution >= 4 is 0 Å². The minimum absolute atomic E-state index is 0.195. The topological polar surface area (TPSA) is 35.2 Å². The van der Waals surface area contributed by atoms with Gasteiger partial charge in [0, 0.05) is 6.54 Å². The zero-order chi connectivity index (χ0) is 14.6.